The van der Waals surface area contributed by atoms with Crippen LogP contribution in [0.4, 0.5) is 5.82 Å². The van der Waals surface area contributed by atoms with Crippen molar-refractivity contribution >= 4 is 5.82 Å². The minimum absolute atomic E-state index is 0.581. The molecular weight excluding hydrogens is 238 g/mol. The lowest BCUT2D eigenvalue weighted by Gasteiger charge is -2.36. The van der Waals surface area contributed by atoms with Crippen LogP contribution in [-0.4, -0.2) is 47.4 Å². The molecule has 1 saturated carbocycles. The fraction of sp³-hybridized carbons (Fsp3) is 0.786. The smallest absolute Gasteiger partial charge is 0.131 e. The lowest BCUT2D eigenvalue weighted by Crippen LogP contribution is -2.47. The first-order chi connectivity index (χ1) is 9.19. The molecule has 2 fully saturated rings. The molecule has 0 bridgehead atoms. The summed E-state index contributed by atoms with van der Waals surface area (Å²) in [6.45, 7) is 8.47. The molecule has 1 saturated heterocycles. The van der Waals surface area contributed by atoms with E-state index in [-0.39, 0.29) is 0 Å². The minimum atomic E-state index is 0.581. The zero-order valence-electron chi connectivity index (χ0n) is 12.1. The molecule has 2 heterocycles. The number of nitrogens with zero attached hydrogens (tertiary/aromatic N) is 4. The van der Waals surface area contributed by atoms with E-state index < -0.39 is 0 Å². The number of nitrogens with two attached hydrogens (primary N) is 1. The van der Waals surface area contributed by atoms with E-state index in [2.05, 4.69) is 21.8 Å². The van der Waals surface area contributed by atoms with Crippen LogP contribution in [0.3, 0.4) is 0 Å². The van der Waals surface area contributed by atoms with Gasteiger partial charge in [-0.05, 0) is 25.7 Å². The summed E-state index contributed by atoms with van der Waals surface area (Å²) >= 11 is 0. The number of rotatable bonds is 4. The molecule has 1 aliphatic heterocycles. The Balaban J connectivity index is 1.67. The van der Waals surface area contributed by atoms with E-state index >= 15 is 0 Å². The molecule has 0 amide bonds. The van der Waals surface area contributed by atoms with Gasteiger partial charge in [0.25, 0.3) is 0 Å². The SMILES string of the molecule is Cc1nn(C)c(N2CCN(CC3CC3)CC2)c1CN. The van der Waals surface area contributed by atoms with Gasteiger partial charge in [-0.3, -0.25) is 9.58 Å². The second-order valence-corrected chi connectivity index (χ2v) is 5.95. The largest absolute Gasteiger partial charge is 0.354 e. The summed E-state index contributed by atoms with van der Waals surface area (Å²) in [6, 6.07) is 0. The maximum atomic E-state index is 5.88. The quantitative estimate of drug-likeness (QED) is 0.869. The van der Waals surface area contributed by atoms with E-state index in [4.69, 9.17) is 5.73 Å². The molecule has 1 aliphatic carbocycles. The Morgan fingerprint density at radius 3 is 2.47 bits per heavy atom. The van der Waals surface area contributed by atoms with E-state index in [1.807, 2.05) is 11.7 Å². The third-order valence-electron chi connectivity index (χ3n) is 4.40. The Morgan fingerprint density at radius 2 is 1.89 bits per heavy atom. The Bertz CT molecular complexity index is 441. The van der Waals surface area contributed by atoms with Crippen LogP contribution in [0.15, 0.2) is 0 Å². The van der Waals surface area contributed by atoms with Crippen LogP contribution in [0.1, 0.15) is 24.1 Å². The molecule has 0 aromatic carbocycles. The van der Waals surface area contributed by atoms with Crippen LogP contribution in [-0.2, 0) is 13.6 Å². The van der Waals surface area contributed by atoms with Gasteiger partial charge in [0.15, 0.2) is 0 Å². The van der Waals surface area contributed by atoms with E-state index in [9.17, 15) is 0 Å². The number of anilines is 1. The summed E-state index contributed by atoms with van der Waals surface area (Å²) < 4.78 is 1.99. The van der Waals surface area contributed by atoms with Crippen molar-refractivity contribution < 1.29 is 0 Å². The van der Waals surface area contributed by atoms with Gasteiger partial charge in [0, 0.05) is 51.9 Å². The fourth-order valence-electron chi connectivity index (χ4n) is 3.13. The Labute approximate surface area is 115 Å². The average Bonchev–Trinajstić information content (AvgIpc) is 3.15. The minimum Gasteiger partial charge on any atom is -0.354 e. The van der Waals surface area contributed by atoms with Crippen molar-refractivity contribution in [2.75, 3.05) is 37.6 Å². The molecule has 0 unspecified atom stereocenters. The predicted octanol–water partition coefficient (Wildman–Crippen LogP) is 0.719. The first-order valence-electron chi connectivity index (χ1n) is 7.39. The number of aromatic nitrogens is 2. The highest BCUT2D eigenvalue weighted by atomic mass is 15.4. The zero-order valence-corrected chi connectivity index (χ0v) is 12.1. The fourth-order valence-corrected chi connectivity index (χ4v) is 3.13. The molecule has 0 atom stereocenters. The van der Waals surface area contributed by atoms with Gasteiger partial charge in [0.05, 0.1) is 5.69 Å². The van der Waals surface area contributed by atoms with Crippen LogP contribution in [0, 0.1) is 12.8 Å². The molecule has 1 aromatic heterocycles. The number of hydrogen-bond acceptors (Lipinski definition) is 4. The van der Waals surface area contributed by atoms with Gasteiger partial charge < -0.3 is 10.6 Å². The van der Waals surface area contributed by atoms with E-state index in [1.54, 1.807) is 0 Å². The molecule has 0 spiro atoms. The van der Waals surface area contributed by atoms with Crippen LogP contribution in [0.2, 0.25) is 0 Å². The summed E-state index contributed by atoms with van der Waals surface area (Å²) in [5, 5.41) is 4.52. The molecule has 3 rings (SSSR count). The maximum Gasteiger partial charge on any atom is 0.131 e. The Hall–Kier alpha value is -1.07. The molecule has 2 aliphatic rings. The normalized spacial score (nSPS) is 21.1. The number of aryl methyl sites for hydroxylation is 2. The first kappa shape index (κ1) is 12.9. The Morgan fingerprint density at radius 1 is 1.21 bits per heavy atom. The van der Waals surface area contributed by atoms with E-state index in [0.29, 0.717) is 6.54 Å². The van der Waals surface area contributed by atoms with Crippen molar-refractivity contribution in [3.05, 3.63) is 11.3 Å². The van der Waals surface area contributed by atoms with Crippen LogP contribution >= 0.6 is 0 Å². The summed E-state index contributed by atoms with van der Waals surface area (Å²) in [6.07, 6.45) is 2.89. The lowest BCUT2D eigenvalue weighted by atomic mass is 10.2. The van der Waals surface area contributed by atoms with Crippen LogP contribution in [0.5, 0.6) is 0 Å². The molecule has 106 valence electrons. The lowest BCUT2D eigenvalue weighted by molar-refractivity contribution is 0.247. The second kappa shape index (κ2) is 5.13. The third-order valence-corrected chi connectivity index (χ3v) is 4.40. The maximum absolute atomic E-state index is 5.88. The van der Waals surface area contributed by atoms with Crippen molar-refractivity contribution in [1.82, 2.24) is 14.7 Å². The van der Waals surface area contributed by atoms with Gasteiger partial charge >= 0.3 is 0 Å². The summed E-state index contributed by atoms with van der Waals surface area (Å²) in [5.74, 6) is 2.22. The van der Waals surface area contributed by atoms with Gasteiger partial charge in [-0.1, -0.05) is 0 Å². The van der Waals surface area contributed by atoms with Crippen LogP contribution < -0.4 is 10.6 Å². The summed E-state index contributed by atoms with van der Waals surface area (Å²) in [7, 11) is 2.03. The third kappa shape index (κ3) is 2.62. The zero-order chi connectivity index (χ0) is 13.4. The van der Waals surface area contributed by atoms with Crippen molar-refractivity contribution in [2.24, 2.45) is 18.7 Å². The molecule has 19 heavy (non-hydrogen) atoms. The van der Waals surface area contributed by atoms with Gasteiger partial charge in [0.1, 0.15) is 5.82 Å². The highest BCUT2D eigenvalue weighted by Gasteiger charge is 2.28. The van der Waals surface area contributed by atoms with Gasteiger partial charge in [-0.15, -0.1) is 0 Å². The highest BCUT2D eigenvalue weighted by Crippen LogP contribution is 2.30. The Kier molecular flexibility index (Phi) is 3.50. The number of piperazine rings is 1. The molecule has 2 N–H and O–H groups in total. The molecular formula is C14H25N5. The second-order valence-electron chi connectivity index (χ2n) is 5.95. The molecule has 0 radical (unpaired) electrons. The monoisotopic (exact) mass is 263 g/mol. The van der Waals surface area contributed by atoms with E-state index in [0.717, 1.165) is 24.7 Å². The topological polar surface area (TPSA) is 50.3 Å². The summed E-state index contributed by atoms with van der Waals surface area (Å²) in [4.78, 5) is 5.06. The standard InChI is InChI=1S/C14H25N5/c1-11-13(9-15)14(17(2)16-11)19-7-5-18(6-8-19)10-12-3-4-12/h12H,3-10,15H2,1-2H3. The summed E-state index contributed by atoms with van der Waals surface area (Å²) in [5.41, 5.74) is 8.16. The van der Waals surface area contributed by atoms with Crippen molar-refractivity contribution in [2.45, 2.75) is 26.3 Å². The number of hydrogen-bond donors (Lipinski definition) is 1. The van der Waals surface area contributed by atoms with Crippen molar-refractivity contribution in [3.63, 3.8) is 0 Å². The van der Waals surface area contributed by atoms with Gasteiger partial charge in [-0.2, -0.15) is 5.10 Å². The van der Waals surface area contributed by atoms with E-state index in [1.165, 1.54) is 43.9 Å². The average molecular weight is 263 g/mol. The van der Waals surface area contributed by atoms with Crippen LogP contribution in [0.25, 0.3) is 0 Å². The molecule has 5 nitrogen and oxygen atoms in total. The van der Waals surface area contributed by atoms with Gasteiger partial charge in [-0.25, -0.2) is 0 Å². The van der Waals surface area contributed by atoms with Gasteiger partial charge in [0.2, 0.25) is 0 Å². The molecule has 5 heteroatoms. The highest BCUT2D eigenvalue weighted by molar-refractivity contribution is 5.50. The molecule has 1 aromatic rings. The first-order valence-corrected chi connectivity index (χ1v) is 7.39. The van der Waals surface area contributed by atoms with Crippen molar-refractivity contribution in [1.29, 1.82) is 0 Å². The van der Waals surface area contributed by atoms with Crippen molar-refractivity contribution in [3.8, 4) is 0 Å². The predicted molar refractivity (Wildman–Crippen MR) is 77.2 cm³/mol.